The highest BCUT2D eigenvalue weighted by Gasteiger charge is 2.17. The van der Waals surface area contributed by atoms with E-state index in [1.165, 1.54) is 0 Å². The van der Waals surface area contributed by atoms with Crippen molar-refractivity contribution in [1.29, 1.82) is 0 Å². The zero-order chi connectivity index (χ0) is 15.2. The highest BCUT2D eigenvalue weighted by Crippen LogP contribution is 2.28. The minimum atomic E-state index is -0.408. The van der Waals surface area contributed by atoms with Crippen molar-refractivity contribution in [3.05, 3.63) is 35.5 Å². The molecule has 21 heavy (non-hydrogen) atoms. The third kappa shape index (κ3) is 3.13. The minimum Gasteiger partial charge on any atom is -0.462 e. The Hall–Kier alpha value is -2.14. The number of fused-ring (bicyclic) bond motifs is 1. The number of nitrogens with zero attached hydrogens (tertiary/aromatic N) is 1. The molecule has 0 aliphatic rings. The van der Waals surface area contributed by atoms with E-state index in [2.05, 4.69) is 17.2 Å². The van der Waals surface area contributed by atoms with Gasteiger partial charge in [0, 0.05) is 18.1 Å². The Morgan fingerprint density at radius 3 is 2.86 bits per heavy atom. The normalized spacial score (nSPS) is 10.6. The fraction of sp³-hybridized carbons (Fsp3) is 0.375. The SMILES string of the molecule is CCOC(=O)c1cnc2c(CC)cccc2c1NCCO. The number of benzene rings is 1. The lowest BCUT2D eigenvalue weighted by molar-refractivity contribution is 0.0527. The first kappa shape index (κ1) is 15.3. The molecule has 0 saturated heterocycles. The van der Waals surface area contributed by atoms with E-state index in [0.717, 1.165) is 22.9 Å². The Morgan fingerprint density at radius 1 is 1.38 bits per heavy atom. The van der Waals surface area contributed by atoms with E-state index in [9.17, 15) is 4.79 Å². The second-order valence-electron chi connectivity index (χ2n) is 4.58. The molecule has 2 N–H and O–H groups in total. The number of aromatic nitrogens is 1. The molecule has 0 unspecified atom stereocenters. The number of hydrogen-bond donors (Lipinski definition) is 2. The van der Waals surface area contributed by atoms with E-state index < -0.39 is 5.97 Å². The third-order valence-electron chi connectivity index (χ3n) is 3.27. The van der Waals surface area contributed by atoms with E-state index in [1.807, 2.05) is 18.2 Å². The summed E-state index contributed by atoms with van der Waals surface area (Å²) in [4.78, 5) is 16.5. The van der Waals surface area contributed by atoms with Crippen molar-refractivity contribution >= 4 is 22.6 Å². The standard InChI is InChI=1S/C16H20N2O3/c1-3-11-6-5-7-12-14(11)18-10-13(16(20)21-4-2)15(12)17-8-9-19/h5-7,10,19H,3-4,8-9H2,1-2H3,(H,17,18). The summed E-state index contributed by atoms with van der Waals surface area (Å²) < 4.78 is 5.07. The smallest absolute Gasteiger partial charge is 0.341 e. The third-order valence-corrected chi connectivity index (χ3v) is 3.27. The number of carbonyl (C=O) groups is 1. The largest absolute Gasteiger partial charge is 0.462 e. The highest BCUT2D eigenvalue weighted by atomic mass is 16.5. The van der Waals surface area contributed by atoms with Gasteiger partial charge < -0.3 is 15.2 Å². The predicted molar refractivity (Wildman–Crippen MR) is 82.7 cm³/mol. The van der Waals surface area contributed by atoms with Crippen molar-refractivity contribution in [1.82, 2.24) is 4.98 Å². The Balaban J connectivity index is 2.61. The molecule has 2 aromatic rings. The Kier molecular flexibility index (Phi) is 5.11. The molecule has 0 aliphatic heterocycles. The molecule has 0 amide bonds. The summed E-state index contributed by atoms with van der Waals surface area (Å²) in [5.74, 6) is -0.408. The maximum absolute atomic E-state index is 12.1. The summed E-state index contributed by atoms with van der Waals surface area (Å²) >= 11 is 0. The molecule has 5 nitrogen and oxygen atoms in total. The predicted octanol–water partition coefficient (Wildman–Crippen LogP) is 2.38. The number of aliphatic hydroxyl groups is 1. The number of esters is 1. The van der Waals surface area contributed by atoms with Gasteiger partial charge in [-0.25, -0.2) is 4.79 Å². The molecule has 0 saturated carbocycles. The highest BCUT2D eigenvalue weighted by molar-refractivity contribution is 6.05. The van der Waals surface area contributed by atoms with Gasteiger partial charge in [0.25, 0.3) is 0 Å². The fourth-order valence-electron chi connectivity index (χ4n) is 2.30. The molecule has 0 radical (unpaired) electrons. The van der Waals surface area contributed by atoms with Gasteiger partial charge in [0.05, 0.1) is 24.4 Å². The van der Waals surface area contributed by atoms with Gasteiger partial charge >= 0.3 is 5.97 Å². The molecular weight excluding hydrogens is 268 g/mol. The van der Waals surface area contributed by atoms with Crippen LogP contribution in [0.3, 0.4) is 0 Å². The number of rotatable bonds is 6. The average molecular weight is 288 g/mol. The lowest BCUT2D eigenvalue weighted by atomic mass is 10.0. The first-order chi connectivity index (χ1) is 10.2. The molecule has 0 atom stereocenters. The summed E-state index contributed by atoms with van der Waals surface area (Å²) in [6.07, 6.45) is 2.40. The van der Waals surface area contributed by atoms with Crippen LogP contribution in [-0.2, 0) is 11.2 Å². The molecule has 1 aromatic heterocycles. The molecule has 0 aliphatic carbocycles. The number of ether oxygens (including phenoxy) is 1. The summed E-state index contributed by atoms with van der Waals surface area (Å²) in [5, 5.41) is 13.0. The van der Waals surface area contributed by atoms with Crippen molar-refractivity contribution in [3.63, 3.8) is 0 Å². The van der Waals surface area contributed by atoms with Gasteiger partial charge in [0.15, 0.2) is 0 Å². The average Bonchev–Trinajstić information content (AvgIpc) is 2.51. The van der Waals surface area contributed by atoms with E-state index in [-0.39, 0.29) is 6.61 Å². The summed E-state index contributed by atoms with van der Waals surface area (Å²) in [5.41, 5.74) is 3.05. The van der Waals surface area contributed by atoms with Crippen LogP contribution in [0.25, 0.3) is 10.9 Å². The van der Waals surface area contributed by atoms with E-state index in [1.54, 1.807) is 13.1 Å². The molecule has 5 heteroatoms. The zero-order valence-electron chi connectivity index (χ0n) is 12.3. The van der Waals surface area contributed by atoms with Crippen LogP contribution in [0.4, 0.5) is 5.69 Å². The number of anilines is 1. The van der Waals surface area contributed by atoms with Crippen molar-refractivity contribution in [3.8, 4) is 0 Å². The quantitative estimate of drug-likeness (QED) is 0.799. The van der Waals surface area contributed by atoms with Crippen molar-refractivity contribution < 1.29 is 14.6 Å². The number of aliphatic hydroxyl groups excluding tert-OH is 1. The van der Waals surface area contributed by atoms with Gasteiger partial charge in [0.2, 0.25) is 0 Å². The second-order valence-corrected chi connectivity index (χ2v) is 4.58. The van der Waals surface area contributed by atoms with E-state index >= 15 is 0 Å². The van der Waals surface area contributed by atoms with Crippen LogP contribution in [0.15, 0.2) is 24.4 Å². The van der Waals surface area contributed by atoms with Gasteiger partial charge in [0.1, 0.15) is 5.56 Å². The monoisotopic (exact) mass is 288 g/mol. The minimum absolute atomic E-state index is 0.0143. The molecular formula is C16H20N2O3. The lowest BCUT2D eigenvalue weighted by Gasteiger charge is -2.14. The van der Waals surface area contributed by atoms with Gasteiger partial charge in [-0.1, -0.05) is 25.1 Å². The van der Waals surface area contributed by atoms with Crippen molar-refractivity contribution in [2.24, 2.45) is 0 Å². The maximum Gasteiger partial charge on any atom is 0.341 e. The second kappa shape index (κ2) is 7.04. The molecule has 112 valence electrons. The molecule has 1 aromatic carbocycles. The Labute approximate surface area is 124 Å². The van der Waals surface area contributed by atoms with Crippen molar-refractivity contribution in [2.75, 3.05) is 25.1 Å². The summed E-state index contributed by atoms with van der Waals surface area (Å²) in [7, 11) is 0. The van der Waals surface area contributed by atoms with Crippen LogP contribution >= 0.6 is 0 Å². The Bertz CT molecular complexity index is 641. The van der Waals surface area contributed by atoms with Crippen molar-refractivity contribution in [2.45, 2.75) is 20.3 Å². The van der Waals surface area contributed by atoms with Crippen LogP contribution in [0, 0.1) is 0 Å². The topological polar surface area (TPSA) is 71.5 Å². The van der Waals surface area contributed by atoms with Crippen LogP contribution in [0.1, 0.15) is 29.8 Å². The number of nitrogens with one attached hydrogen (secondary N) is 1. The number of pyridine rings is 1. The first-order valence-corrected chi connectivity index (χ1v) is 7.15. The number of carbonyl (C=O) groups excluding carboxylic acids is 1. The number of aryl methyl sites for hydroxylation is 1. The molecule has 0 bridgehead atoms. The lowest BCUT2D eigenvalue weighted by Crippen LogP contribution is -2.13. The van der Waals surface area contributed by atoms with Crippen LogP contribution < -0.4 is 5.32 Å². The van der Waals surface area contributed by atoms with Crippen LogP contribution in [0.5, 0.6) is 0 Å². The first-order valence-electron chi connectivity index (χ1n) is 7.15. The number of para-hydroxylation sites is 1. The van der Waals surface area contributed by atoms with Gasteiger partial charge in [-0.2, -0.15) is 0 Å². The van der Waals surface area contributed by atoms with E-state index in [0.29, 0.717) is 24.4 Å². The van der Waals surface area contributed by atoms with Gasteiger partial charge in [-0.05, 0) is 18.9 Å². The number of hydrogen-bond acceptors (Lipinski definition) is 5. The van der Waals surface area contributed by atoms with Crippen LogP contribution in [-0.4, -0.2) is 35.8 Å². The van der Waals surface area contributed by atoms with E-state index in [4.69, 9.17) is 9.84 Å². The Morgan fingerprint density at radius 2 is 2.19 bits per heavy atom. The van der Waals surface area contributed by atoms with Gasteiger partial charge in [-0.3, -0.25) is 4.98 Å². The zero-order valence-corrected chi connectivity index (χ0v) is 12.3. The summed E-state index contributed by atoms with van der Waals surface area (Å²) in [6.45, 7) is 4.49. The summed E-state index contributed by atoms with van der Waals surface area (Å²) in [6, 6.07) is 5.89. The molecule has 0 fully saturated rings. The van der Waals surface area contributed by atoms with Gasteiger partial charge in [-0.15, -0.1) is 0 Å². The van der Waals surface area contributed by atoms with Crippen LogP contribution in [0.2, 0.25) is 0 Å². The molecule has 2 rings (SSSR count). The fourth-order valence-corrected chi connectivity index (χ4v) is 2.30. The molecule has 0 spiro atoms. The maximum atomic E-state index is 12.1. The molecule has 1 heterocycles.